The van der Waals surface area contributed by atoms with Gasteiger partial charge in [-0.1, -0.05) is 18.9 Å². The van der Waals surface area contributed by atoms with Gasteiger partial charge in [0.2, 0.25) is 5.91 Å². The van der Waals surface area contributed by atoms with E-state index in [1.54, 1.807) is 28.7 Å². The molecule has 5 heteroatoms. The molecule has 1 aliphatic rings. The second kappa shape index (κ2) is 7.58. The average Bonchev–Trinajstić information content (AvgIpc) is 3.13. The van der Waals surface area contributed by atoms with Gasteiger partial charge in [-0.25, -0.2) is 0 Å². The van der Waals surface area contributed by atoms with E-state index < -0.39 is 0 Å². The zero-order valence-electron chi connectivity index (χ0n) is 12.8. The van der Waals surface area contributed by atoms with E-state index in [0.29, 0.717) is 10.6 Å². The van der Waals surface area contributed by atoms with Crippen molar-refractivity contribution in [3.05, 3.63) is 44.5 Å². The molecule has 3 nitrogen and oxygen atoms in total. The van der Waals surface area contributed by atoms with Gasteiger partial charge >= 0.3 is 0 Å². The van der Waals surface area contributed by atoms with Crippen LogP contribution < -0.4 is 5.32 Å². The van der Waals surface area contributed by atoms with E-state index in [1.807, 2.05) is 17.5 Å². The molecule has 0 unspecified atom stereocenters. The molecular weight excluding hydrogens is 324 g/mol. The van der Waals surface area contributed by atoms with Gasteiger partial charge < -0.3 is 5.32 Å². The van der Waals surface area contributed by atoms with Crippen LogP contribution in [0.1, 0.15) is 46.6 Å². The van der Waals surface area contributed by atoms with Crippen molar-refractivity contribution >= 4 is 39.7 Å². The number of carbonyl (C=O) groups excluding carboxylic acids is 1. The first kappa shape index (κ1) is 16.0. The summed E-state index contributed by atoms with van der Waals surface area (Å²) in [5.74, 6) is -0.177. The van der Waals surface area contributed by atoms with Crippen LogP contribution in [-0.2, 0) is 17.6 Å². The predicted molar refractivity (Wildman–Crippen MR) is 96.9 cm³/mol. The Labute approximate surface area is 144 Å². The van der Waals surface area contributed by atoms with Crippen molar-refractivity contribution in [3.8, 4) is 6.07 Å². The van der Waals surface area contributed by atoms with Crippen molar-refractivity contribution in [1.82, 2.24) is 0 Å². The lowest BCUT2D eigenvalue weighted by molar-refractivity contribution is -0.111. The van der Waals surface area contributed by atoms with Gasteiger partial charge in [0.05, 0.1) is 5.56 Å². The molecule has 0 aromatic carbocycles. The van der Waals surface area contributed by atoms with Crippen molar-refractivity contribution in [2.45, 2.75) is 38.5 Å². The summed E-state index contributed by atoms with van der Waals surface area (Å²) in [5.41, 5.74) is 1.83. The van der Waals surface area contributed by atoms with E-state index in [1.165, 1.54) is 30.2 Å². The third-order valence-corrected chi connectivity index (χ3v) is 6.01. The first-order chi connectivity index (χ1) is 11.3. The molecule has 0 saturated heterocycles. The molecule has 1 aliphatic carbocycles. The standard InChI is InChI=1S/C18H18N2OS2/c19-12-15-14-7-3-1-2-4-8-16(14)23-18(15)20-17(21)10-9-13-6-5-11-22-13/h5-6,9-11H,1-4,7-8H2,(H,20,21)/b10-9+. The lowest BCUT2D eigenvalue weighted by Gasteiger charge is -2.08. The van der Waals surface area contributed by atoms with Crippen molar-refractivity contribution in [2.24, 2.45) is 0 Å². The molecule has 0 saturated carbocycles. The summed E-state index contributed by atoms with van der Waals surface area (Å²) >= 11 is 3.16. The Morgan fingerprint density at radius 2 is 2.09 bits per heavy atom. The number of hydrogen-bond acceptors (Lipinski definition) is 4. The van der Waals surface area contributed by atoms with Gasteiger partial charge in [-0.2, -0.15) is 5.26 Å². The van der Waals surface area contributed by atoms with Gasteiger partial charge in [-0.15, -0.1) is 22.7 Å². The molecule has 0 spiro atoms. The van der Waals surface area contributed by atoms with Crippen molar-refractivity contribution in [3.63, 3.8) is 0 Å². The van der Waals surface area contributed by atoms with Crippen LogP contribution in [0.3, 0.4) is 0 Å². The highest BCUT2D eigenvalue weighted by atomic mass is 32.1. The summed E-state index contributed by atoms with van der Waals surface area (Å²) in [5, 5.41) is 15.1. The molecule has 2 aromatic heterocycles. The molecule has 0 atom stereocenters. The SMILES string of the molecule is N#Cc1c(NC(=O)/C=C/c2cccs2)sc2c1CCCCCC2. The molecule has 0 aliphatic heterocycles. The second-order valence-electron chi connectivity index (χ2n) is 5.57. The molecule has 0 bridgehead atoms. The molecule has 0 fully saturated rings. The number of rotatable bonds is 3. The van der Waals surface area contributed by atoms with Gasteiger partial charge in [0, 0.05) is 15.8 Å². The third-order valence-electron chi connectivity index (χ3n) is 3.96. The fourth-order valence-electron chi connectivity index (χ4n) is 2.82. The topological polar surface area (TPSA) is 52.9 Å². The average molecular weight is 342 g/mol. The second-order valence-corrected chi connectivity index (χ2v) is 7.66. The minimum atomic E-state index is -0.177. The molecule has 1 N–H and O–H groups in total. The Morgan fingerprint density at radius 1 is 1.26 bits per heavy atom. The van der Waals surface area contributed by atoms with Gasteiger partial charge in [-0.3, -0.25) is 4.79 Å². The molecular formula is C18H18N2OS2. The van der Waals surface area contributed by atoms with Crippen LogP contribution >= 0.6 is 22.7 Å². The number of nitrogens with one attached hydrogen (secondary N) is 1. The maximum Gasteiger partial charge on any atom is 0.249 e. The number of amides is 1. The maximum atomic E-state index is 12.1. The summed E-state index contributed by atoms with van der Waals surface area (Å²) < 4.78 is 0. The van der Waals surface area contributed by atoms with Crippen LogP contribution in [0.15, 0.2) is 23.6 Å². The van der Waals surface area contributed by atoms with E-state index in [-0.39, 0.29) is 5.91 Å². The minimum absolute atomic E-state index is 0.177. The van der Waals surface area contributed by atoms with E-state index in [9.17, 15) is 10.1 Å². The van der Waals surface area contributed by atoms with Crippen molar-refractivity contribution in [2.75, 3.05) is 5.32 Å². The number of nitrogens with zero attached hydrogens (tertiary/aromatic N) is 1. The fraction of sp³-hybridized carbons (Fsp3) is 0.333. The normalized spacial score (nSPS) is 14.7. The van der Waals surface area contributed by atoms with E-state index in [0.717, 1.165) is 29.7 Å². The molecule has 3 rings (SSSR count). The van der Waals surface area contributed by atoms with Gasteiger partial charge in [0.25, 0.3) is 0 Å². The molecule has 2 heterocycles. The Morgan fingerprint density at radius 3 is 2.83 bits per heavy atom. The van der Waals surface area contributed by atoms with Crippen molar-refractivity contribution in [1.29, 1.82) is 5.26 Å². The number of thiophene rings is 2. The lowest BCUT2D eigenvalue weighted by atomic mass is 9.97. The summed E-state index contributed by atoms with van der Waals surface area (Å²) in [7, 11) is 0. The van der Waals surface area contributed by atoms with Crippen LogP contribution in [-0.4, -0.2) is 5.91 Å². The first-order valence-corrected chi connectivity index (χ1v) is 9.55. The molecule has 0 radical (unpaired) electrons. The summed E-state index contributed by atoms with van der Waals surface area (Å²) in [6.07, 6.45) is 10.1. The summed E-state index contributed by atoms with van der Waals surface area (Å²) in [6.45, 7) is 0. The predicted octanol–water partition coefficient (Wildman–Crippen LogP) is 4.99. The highest BCUT2D eigenvalue weighted by Crippen LogP contribution is 2.36. The van der Waals surface area contributed by atoms with Crippen LogP contribution in [0.2, 0.25) is 0 Å². The van der Waals surface area contributed by atoms with Crippen LogP contribution in [0.25, 0.3) is 6.08 Å². The summed E-state index contributed by atoms with van der Waals surface area (Å²) in [4.78, 5) is 14.4. The molecule has 118 valence electrons. The third kappa shape index (κ3) is 3.90. The Hall–Kier alpha value is -1.90. The Kier molecular flexibility index (Phi) is 5.27. The number of hydrogen-bond donors (Lipinski definition) is 1. The highest BCUT2D eigenvalue weighted by Gasteiger charge is 2.19. The molecule has 1 amide bonds. The Bertz CT molecular complexity index is 751. The van der Waals surface area contributed by atoms with Gasteiger partial charge in [0.15, 0.2) is 0 Å². The largest absolute Gasteiger partial charge is 0.313 e. The number of nitriles is 1. The fourth-order valence-corrected chi connectivity index (χ4v) is 4.68. The number of anilines is 1. The van der Waals surface area contributed by atoms with E-state index >= 15 is 0 Å². The zero-order chi connectivity index (χ0) is 16.1. The van der Waals surface area contributed by atoms with Crippen LogP contribution in [0.4, 0.5) is 5.00 Å². The molecule has 2 aromatic rings. The smallest absolute Gasteiger partial charge is 0.249 e. The number of aryl methyl sites for hydroxylation is 1. The zero-order valence-corrected chi connectivity index (χ0v) is 14.4. The van der Waals surface area contributed by atoms with Gasteiger partial charge in [-0.05, 0) is 48.8 Å². The first-order valence-electron chi connectivity index (χ1n) is 7.85. The highest BCUT2D eigenvalue weighted by molar-refractivity contribution is 7.16. The van der Waals surface area contributed by atoms with Crippen molar-refractivity contribution < 1.29 is 4.79 Å². The number of fused-ring (bicyclic) bond motifs is 1. The lowest BCUT2D eigenvalue weighted by Crippen LogP contribution is -2.07. The van der Waals surface area contributed by atoms with E-state index in [4.69, 9.17) is 0 Å². The Balaban J connectivity index is 1.78. The number of carbonyl (C=O) groups is 1. The van der Waals surface area contributed by atoms with E-state index in [2.05, 4.69) is 11.4 Å². The monoisotopic (exact) mass is 342 g/mol. The van der Waals surface area contributed by atoms with Crippen LogP contribution in [0, 0.1) is 11.3 Å². The molecule has 23 heavy (non-hydrogen) atoms. The van der Waals surface area contributed by atoms with Crippen LogP contribution in [0.5, 0.6) is 0 Å². The minimum Gasteiger partial charge on any atom is -0.313 e. The van der Waals surface area contributed by atoms with Gasteiger partial charge in [0.1, 0.15) is 11.1 Å². The maximum absolute atomic E-state index is 12.1. The quantitative estimate of drug-likeness (QED) is 0.799. The summed E-state index contributed by atoms with van der Waals surface area (Å²) in [6, 6.07) is 6.22.